The third kappa shape index (κ3) is 7.80. The van der Waals surface area contributed by atoms with Crippen LogP contribution in [0.4, 0.5) is 0 Å². The fourth-order valence-electron chi connectivity index (χ4n) is 8.87. The van der Waals surface area contributed by atoms with Gasteiger partial charge in [0.05, 0.1) is 0 Å². The van der Waals surface area contributed by atoms with E-state index in [1.165, 1.54) is 45.6 Å². The Kier molecular flexibility index (Phi) is 10.8. The van der Waals surface area contributed by atoms with E-state index in [2.05, 4.69) is 86.6 Å². The molecule has 263 valence electrons. The number of aromatic nitrogens is 2. The number of aliphatic hydroxyl groups is 1. The Bertz CT molecular complexity index is 1860. The Hall–Kier alpha value is -2.34. The van der Waals surface area contributed by atoms with Crippen LogP contribution in [0.15, 0.2) is 54.3 Å². The first-order valence-corrected chi connectivity index (χ1v) is 25.5. The van der Waals surface area contributed by atoms with Crippen LogP contribution in [0.25, 0.3) is 32.9 Å². The average molecular weight is 897 g/mol. The summed E-state index contributed by atoms with van der Waals surface area (Å²) in [7, 11) is 0. The van der Waals surface area contributed by atoms with E-state index in [4.69, 9.17) is 9.97 Å². The van der Waals surface area contributed by atoms with Gasteiger partial charge < -0.3 is 5.11 Å². The molecule has 0 aliphatic heterocycles. The molecule has 49 heavy (non-hydrogen) atoms. The third-order valence-corrected chi connectivity index (χ3v) is 15.5. The fourth-order valence-corrected chi connectivity index (χ4v) is 11.5. The van der Waals surface area contributed by atoms with Crippen molar-refractivity contribution in [2.24, 2.45) is 28.6 Å². The first kappa shape index (κ1) is 37.9. The third-order valence-electron chi connectivity index (χ3n) is 11.3. The van der Waals surface area contributed by atoms with E-state index in [0.29, 0.717) is 11.7 Å². The summed E-state index contributed by atoms with van der Waals surface area (Å²) < 4.78 is 1.54. The summed E-state index contributed by atoms with van der Waals surface area (Å²) >= 11 is -1.90. The topological polar surface area (TPSA) is 63.1 Å². The standard InChI is InChI=1S/C26H29GeN2.C17H26O2.Ir/c1-16(2)19-8-10-20(11-9-19)25-23-13-12-21-15-22(27(5,6)7)14-17(3)24(21)26(23)29-18(4)28-25;1-16(2,3)14(18)7-15(19)17-8-11-4-12(9-17)6-13(5-11)10-17;/h8-10,12-16H,1-7H3;7,11-13,19H,4-6,8-10H2,1-3H3;/q-1;;/b;15-7-;. The van der Waals surface area contributed by atoms with Crippen LogP contribution >= 0.6 is 0 Å². The number of carbonyl (C=O) groups excluding carboxylic acids is 1. The minimum atomic E-state index is -1.90. The zero-order valence-corrected chi connectivity index (χ0v) is 35.7. The maximum Gasteiger partial charge on any atom is 0 e. The number of nitrogens with zero attached hydrogens (tertiary/aromatic N) is 2. The van der Waals surface area contributed by atoms with Crippen molar-refractivity contribution < 1.29 is 30.0 Å². The number of ketones is 1. The Labute approximate surface area is 310 Å². The van der Waals surface area contributed by atoms with E-state index in [1.807, 2.05) is 27.7 Å². The predicted molar refractivity (Wildman–Crippen MR) is 204 cm³/mol. The van der Waals surface area contributed by atoms with Crippen molar-refractivity contribution in [3.8, 4) is 11.3 Å². The summed E-state index contributed by atoms with van der Waals surface area (Å²) in [5.74, 6) is 11.5. The second-order valence-electron chi connectivity index (χ2n) is 17.8. The largest absolute Gasteiger partial charge is 0 e. The van der Waals surface area contributed by atoms with Crippen molar-refractivity contribution in [1.29, 1.82) is 0 Å². The van der Waals surface area contributed by atoms with Gasteiger partial charge in [-0.15, -0.1) is 0 Å². The quantitative estimate of drug-likeness (QED) is 0.0713. The smallest absolute Gasteiger partial charge is 0 e. The van der Waals surface area contributed by atoms with E-state index in [-0.39, 0.29) is 31.3 Å². The normalized spacial score (nSPS) is 23.4. The molecule has 0 saturated heterocycles. The van der Waals surface area contributed by atoms with Gasteiger partial charge in [-0.25, -0.2) is 0 Å². The summed E-state index contributed by atoms with van der Waals surface area (Å²) in [4.78, 5) is 21.8. The zero-order chi connectivity index (χ0) is 34.8. The molecular formula is C43H55GeIrN2O2-. The van der Waals surface area contributed by atoms with Crippen LogP contribution in [-0.2, 0) is 24.9 Å². The summed E-state index contributed by atoms with van der Waals surface area (Å²) in [6.45, 7) is 14.4. The fraction of sp³-hybridized carbons (Fsp3) is 0.512. The molecule has 4 saturated carbocycles. The molecular weight excluding hydrogens is 841 g/mol. The van der Waals surface area contributed by atoms with Crippen LogP contribution in [0.2, 0.25) is 17.3 Å². The minimum Gasteiger partial charge on any atom is 0 e. The molecule has 0 atom stereocenters. The second kappa shape index (κ2) is 14.0. The van der Waals surface area contributed by atoms with Gasteiger partial charge in [0, 0.05) is 37.0 Å². The first-order chi connectivity index (χ1) is 22.4. The molecule has 4 aliphatic rings. The summed E-state index contributed by atoms with van der Waals surface area (Å²) in [5.41, 5.74) is 5.23. The van der Waals surface area contributed by atoms with Crippen molar-refractivity contribution in [3.05, 3.63) is 77.3 Å². The van der Waals surface area contributed by atoms with Crippen LogP contribution < -0.4 is 4.40 Å². The number of aliphatic hydroxyl groups excluding tert-OH is 1. The van der Waals surface area contributed by atoms with E-state index in [0.717, 1.165) is 65.0 Å². The molecule has 1 aromatic heterocycles. The molecule has 4 aromatic rings. The Morgan fingerprint density at radius 3 is 2.08 bits per heavy atom. The number of hydrogen-bond donors (Lipinski definition) is 1. The average Bonchev–Trinajstić information content (AvgIpc) is 2.99. The molecule has 0 unspecified atom stereocenters. The van der Waals surface area contributed by atoms with Crippen LogP contribution in [0.5, 0.6) is 0 Å². The SMILES string of the molecule is CC(C)(C)C(=O)/C=C(\O)C12CC3CC(CC(C3)C1)C2.Cc1nc(-c2[c-]cc(C(C)C)cc2)c2ccc3c[c]([Ge]([CH3])([CH3])[CH3])cc(C)c3c2n1.[Ir]. The molecule has 1 N–H and O–H groups in total. The molecule has 4 fully saturated rings. The summed E-state index contributed by atoms with van der Waals surface area (Å²) in [5, 5.41) is 14.2. The van der Waals surface area contributed by atoms with Gasteiger partial charge >= 0.3 is 163 Å². The van der Waals surface area contributed by atoms with Gasteiger partial charge in [-0.2, -0.15) is 0 Å². The molecule has 8 rings (SSSR count). The molecule has 4 bridgehead atoms. The van der Waals surface area contributed by atoms with Crippen LogP contribution in [0, 0.1) is 48.5 Å². The van der Waals surface area contributed by atoms with Crippen molar-refractivity contribution in [3.63, 3.8) is 0 Å². The van der Waals surface area contributed by atoms with Crippen molar-refractivity contribution in [2.75, 3.05) is 0 Å². The number of rotatable bonds is 5. The summed E-state index contributed by atoms with van der Waals surface area (Å²) in [6.07, 6.45) is 8.96. The van der Waals surface area contributed by atoms with E-state index in [1.54, 1.807) is 6.08 Å². The molecule has 0 amide bonds. The van der Waals surface area contributed by atoms with Gasteiger partial charge in [0.1, 0.15) is 5.76 Å². The molecule has 4 aliphatic carbocycles. The number of fused-ring (bicyclic) bond motifs is 3. The van der Waals surface area contributed by atoms with Crippen LogP contribution in [0.1, 0.15) is 96.0 Å². The number of benzene rings is 3. The number of aryl methyl sites for hydroxylation is 2. The maximum absolute atomic E-state index is 12.1. The van der Waals surface area contributed by atoms with Crippen LogP contribution in [-0.4, -0.2) is 34.1 Å². The summed E-state index contributed by atoms with van der Waals surface area (Å²) in [6, 6.07) is 19.1. The number of allylic oxidation sites excluding steroid dienone is 2. The second-order valence-corrected chi connectivity index (χ2v) is 28.4. The predicted octanol–water partition coefficient (Wildman–Crippen LogP) is 10.8. The van der Waals surface area contributed by atoms with Crippen molar-refractivity contribution in [2.45, 2.75) is 110 Å². The molecule has 1 radical (unpaired) electrons. The zero-order valence-electron chi connectivity index (χ0n) is 31.3. The van der Waals surface area contributed by atoms with Gasteiger partial charge in [-0.3, -0.25) is 4.79 Å². The van der Waals surface area contributed by atoms with Crippen molar-refractivity contribution >= 4 is 45.1 Å². The Balaban J connectivity index is 0.000000203. The van der Waals surface area contributed by atoms with Gasteiger partial charge in [-0.1, -0.05) is 34.6 Å². The molecule has 0 spiro atoms. The minimum absolute atomic E-state index is 0. The van der Waals surface area contributed by atoms with E-state index >= 15 is 0 Å². The monoisotopic (exact) mass is 898 g/mol. The Morgan fingerprint density at radius 2 is 1.57 bits per heavy atom. The molecule has 1 heterocycles. The molecule has 3 aromatic carbocycles. The molecule has 6 heteroatoms. The molecule has 4 nitrogen and oxygen atoms in total. The number of carbonyl (C=O) groups is 1. The van der Waals surface area contributed by atoms with Gasteiger partial charge in [0.25, 0.3) is 0 Å². The van der Waals surface area contributed by atoms with E-state index in [9.17, 15) is 9.90 Å². The number of hydrogen-bond acceptors (Lipinski definition) is 4. The Morgan fingerprint density at radius 1 is 0.959 bits per heavy atom. The first-order valence-electron chi connectivity index (χ1n) is 18.1. The van der Waals surface area contributed by atoms with Gasteiger partial charge in [0.15, 0.2) is 5.78 Å². The van der Waals surface area contributed by atoms with Crippen molar-refractivity contribution in [1.82, 2.24) is 9.97 Å². The van der Waals surface area contributed by atoms with Crippen LogP contribution in [0.3, 0.4) is 0 Å². The van der Waals surface area contributed by atoms with E-state index < -0.39 is 18.7 Å². The van der Waals surface area contributed by atoms with Gasteiger partial charge in [0.2, 0.25) is 0 Å². The maximum atomic E-state index is 12.1. The van der Waals surface area contributed by atoms with Gasteiger partial charge in [-0.05, 0) is 56.3 Å².